The van der Waals surface area contributed by atoms with Crippen molar-refractivity contribution >= 4 is 5.91 Å². The van der Waals surface area contributed by atoms with Crippen LogP contribution in [-0.4, -0.2) is 50.4 Å². The predicted molar refractivity (Wildman–Crippen MR) is 82.5 cm³/mol. The number of carbonyl (C=O) groups is 1. The first-order valence-electron chi connectivity index (χ1n) is 7.58. The summed E-state index contributed by atoms with van der Waals surface area (Å²) in [7, 11) is 2.07. The molecule has 3 rings (SSSR count). The largest absolute Gasteiger partial charge is 0.348 e. The van der Waals surface area contributed by atoms with Crippen LogP contribution in [0.1, 0.15) is 34.5 Å². The molecule has 1 aliphatic rings. The number of fused-ring (bicyclic) bond motifs is 1. The van der Waals surface area contributed by atoms with E-state index in [9.17, 15) is 4.79 Å². The molecule has 7 heteroatoms. The number of aryl methyl sites for hydroxylation is 1. The van der Waals surface area contributed by atoms with Gasteiger partial charge in [0.25, 0.3) is 5.91 Å². The summed E-state index contributed by atoms with van der Waals surface area (Å²) in [6, 6.07) is 3.89. The lowest BCUT2D eigenvalue weighted by Crippen LogP contribution is -2.34. The van der Waals surface area contributed by atoms with Gasteiger partial charge in [-0.05, 0) is 33.0 Å². The average Bonchev–Trinajstić information content (AvgIpc) is 3.04. The van der Waals surface area contributed by atoms with Gasteiger partial charge in [0.2, 0.25) is 0 Å². The van der Waals surface area contributed by atoms with Crippen LogP contribution >= 0.6 is 0 Å². The second-order valence-corrected chi connectivity index (χ2v) is 6.10. The number of hydrogen-bond donors (Lipinski definition) is 2. The standard InChI is InChI=1S/C15H22N6O/c1-10(6-12-7-11(2)17-18-12)16-15(22)14-8-13-9-20(3)4-5-21(13)19-14/h7-8,10H,4-6,9H2,1-3H3,(H,16,22)(H,17,18)/t10-/m0/s1. The zero-order valence-electron chi connectivity index (χ0n) is 13.3. The van der Waals surface area contributed by atoms with E-state index in [1.54, 1.807) is 0 Å². The smallest absolute Gasteiger partial charge is 0.272 e. The fourth-order valence-corrected chi connectivity index (χ4v) is 2.75. The van der Waals surface area contributed by atoms with Crippen molar-refractivity contribution < 1.29 is 4.79 Å². The van der Waals surface area contributed by atoms with E-state index >= 15 is 0 Å². The summed E-state index contributed by atoms with van der Waals surface area (Å²) in [6.45, 7) is 6.58. The van der Waals surface area contributed by atoms with Crippen LogP contribution in [0, 0.1) is 6.92 Å². The van der Waals surface area contributed by atoms with Crippen molar-refractivity contribution in [2.45, 2.75) is 39.4 Å². The van der Waals surface area contributed by atoms with Crippen LogP contribution in [0.4, 0.5) is 0 Å². The van der Waals surface area contributed by atoms with Gasteiger partial charge < -0.3 is 5.32 Å². The summed E-state index contributed by atoms with van der Waals surface area (Å²) < 4.78 is 1.93. The first-order valence-corrected chi connectivity index (χ1v) is 7.58. The molecule has 2 aromatic heterocycles. The molecule has 2 N–H and O–H groups in total. The van der Waals surface area contributed by atoms with Crippen LogP contribution < -0.4 is 5.32 Å². The third-order valence-corrected chi connectivity index (χ3v) is 3.87. The van der Waals surface area contributed by atoms with Crippen molar-refractivity contribution in [2.75, 3.05) is 13.6 Å². The van der Waals surface area contributed by atoms with Gasteiger partial charge in [-0.15, -0.1) is 0 Å². The van der Waals surface area contributed by atoms with Gasteiger partial charge in [0, 0.05) is 31.2 Å². The molecular weight excluding hydrogens is 280 g/mol. The number of aromatic amines is 1. The zero-order valence-corrected chi connectivity index (χ0v) is 13.3. The highest BCUT2D eigenvalue weighted by Gasteiger charge is 2.20. The van der Waals surface area contributed by atoms with E-state index in [2.05, 4.69) is 32.6 Å². The number of carbonyl (C=O) groups excluding carboxylic acids is 1. The number of rotatable bonds is 4. The topological polar surface area (TPSA) is 78.8 Å². The molecule has 7 nitrogen and oxygen atoms in total. The number of nitrogens with one attached hydrogen (secondary N) is 2. The molecule has 0 aliphatic carbocycles. The third-order valence-electron chi connectivity index (χ3n) is 3.87. The number of likely N-dealkylation sites (N-methyl/N-ethyl adjacent to an activating group) is 1. The Morgan fingerprint density at radius 3 is 3.00 bits per heavy atom. The maximum absolute atomic E-state index is 12.3. The van der Waals surface area contributed by atoms with Crippen LogP contribution in [0.15, 0.2) is 12.1 Å². The second kappa shape index (κ2) is 5.92. The number of H-pyrrole nitrogens is 1. The summed E-state index contributed by atoms with van der Waals surface area (Å²) in [5.41, 5.74) is 3.57. The first-order chi connectivity index (χ1) is 10.5. The monoisotopic (exact) mass is 302 g/mol. The summed E-state index contributed by atoms with van der Waals surface area (Å²) >= 11 is 0. The average molecular weight is 302 g/mol. The molecule has 1 amide bonds. The predicted octanol–water partition coefficient (Wildman–Crippen LogP) is 0.721. The second-order valence-electron chi connectivity index (χ2n) is 6.10. The summed E-state index contributed by atoms with van der Waals surface area (Å²) in [5, 5.41) is 14.5. The molecule has 22 heavy (non-hydrogen) atoms. The van der Waals surface area contributed by atoms with E-state index in [1.165, 1.54) is 0 Å². The van der Waals surface area contributed by atoms with E-state index in [0.29, 0.717) is 12.1 Å². The number of nitrogens with zero attached hydrogens (tertiary/aromatic N) is 4. The lowest BCUT2D eigenvalue weighted by molar-refractivity contribution is 0.0934. The molecule has 118 valence electrons. The minimum atomic E-state index is -0.121. The molecule has 0 spiro atoms. The molecule has 3 heterocycles. The lowest BCUT2D eigenvalue weighted by Gasteiger charge is -2.22. The molecule has 2 aromatic rings. The van der Waals surface area contributed by atoms with Crippen molar-refractivity contribution in [2.24, 2.45) is 0 Å². The normalized spacial score (nSPS) is 16.3. The lowest BCUT2D eigenvalue weighted by atomic mass is 10.1. The summed E-state index contributed by atoms with van der Waals surface area (Å²) in [5.74, 6) is -0.121. The molecule has 0 saturated carbocycles. The highest BCUT2D eigenvalue weighted by Crippen LogP contribution is 2.12. The van der Waals surface area contributed by atoms with E-state index in [0.717, 1.165) is 36.7 Å². The fourth-order valence-electron chi connectivity index (χ4n) is 2.75. The van der Waals surface area contributed by atoms with Crippen LogP contribution in [-0.2, 0) is 19.5 Å². The number of aromatic nitrogens is 4. The van der Waals surface area contributed by atoms with Crippen LogP contribution in [0.3, 0.4) is 0 Å². The van der Waals surface area contributed by atoms with Crippen molar-refractivity contribution in [3.05, 3.63) is 34.9 Å². The molecule has 1 atom stereocenters. The van der Waals surface area contributed by atoms with Gasteiger partial charge in [0.15, 0.2) is 5.69 Å². The Labute approximate surface area is 129 Å². The van der Waals surface area contributed by atoms with E-state index in [-0.39, 0.29) is 11.9 Å². The zero-order chi connectivity index (χ0) is 15.7. The molecule has 0 fully saturated rings. The Morgan fingerprint density at radius 2 is 2.27 bits per heavy atom. The Bertz CT molecular complexity index is 673. The maximum atomic E-state index is 12.3. The fraction of sp³-hybridized carbons (Fsp3) is 0.533. The van der Waals surface area contributed by atoms with Gasteiger partial charge >= 0.3 is 0 Å². The van der Waals surface area contributed by atoms with Crippen molar-refractivity contribution in [3.63, 3.8) is 0 Å². The maximum Gasteiger partial charge on any atom is 0.272 e. The van der Waals surface area contributed by atoms with Crippen molar-refractivity contribution in [3.8, 4) is 0 Å². The Kier molecular flexibility index (Phi) is 3.98. The van der Waals surface area contributed by atoms with Gasteiger partial charge in [0.1, 0.15) is 0 Å². The van der Waals surface area contributed by atoms with Crippen LogP contribution in [0.25, 0.3) is 0 Å². The molecule has 1 aliphatic heterocycles. The van der Waals surface area contributed by atoms with E-state index in [1.807, 2.05) is 30.7 Å². The first kappa shape index (κ1) is 14.8. The number of amides is 1. The van der Waals surface area contributed by atoms with Crippen molar-refractivity contribution in [1.29, 1.82) is 0 Å². The highest BCUT2D eigenvalue weighted by atomic mass is 16.2. The minimum absolute atomic E-state index is 0.0107. The molecule has 0 aromatic carbocycles. The molecule has 0 saturated heterocycles. The third kappa shape index (κ3) is 3.19. The minimum Gasteiger partial charge on any atom is -0.348 e. The summed E-state index contributed by atoms with van der Waals surface area (Å²) in [4.78, 5) is 14.5. The van der Waals surface area contributed by atoms with Gasteiger partial charge in [-0.3, -0.25) is 19.5 Å². The van der Waals surface area contributed by atoms with Gasteiger partial charge in [-0.1, -0.05) is 0 Å². The van der Waals surface area contributed by atoms with Gasteiger partial charge in [-0.25, -0.2) is 0 Å². The van der Waals surface area contributed by atoms with E-state index in [4.69, 9.17) is 0 Å². The molecule has 0 bridgehead atoms. The quantitative estimate of drug-likeness (QED) is 0.872. The van der Waals surface area contributed by atoms with Crippen LogP contribution in [0.5, 0.6) is 0 Å². The molecular formula is C15H22N6O. The SMILES string of the molecule is Cc1cc(C[C@H](C)NC(=O)c2cc3n(n2)CCN(C)C3)n[nH]1. The summed E-state index contributed by atoms with van der Waals surface area (Å²) in [6.07, 6.45) is 0.701. The molecule has 0 radical (unpaired) electrons. The number of hydrogen-bond acceptors (Lipinski definition) is 4. The van der Waals surface area contributed by atoms with Crippen molar-refractivity contribution in [1.82, 2.24) is 30.2 Å². The van der Waals surface area contributed by atoms with Gasteiger partial charge in [0.05, 0.1) is 17.9 Å². The Morgan fingerprint density at radius 1 is 1.45 bits per heavy atom. The molecule has 0 unspecified atom stereocenters. The highest BCUT2D eigenvalue weighted by molar-refractivity contribution is 5.92. The Hall–Kier alpha value is -2.15. The van der Waals surface area contributed by atoms with Gasteiger partial charge in [-0.2, -0.15) is 10.2 Å². The van der Waals surface area contributed by atoms with Crippen LogP contribution in [0.2, 0.25) is 0 Å². The van der Waals surface area contributed by atoms with E-state index < -0.39 is 0 Å². The Balaban J connectivity index is 1.62.